The van der Waals surface area contributed by atoms with Crippen molar-refractivity contribution in [3.8, 4) is 11.8 Å². The number of hydrogen-bond donors (Lipinski definition) is 2. The number of aromatic hydroxyl groups is 1. The number of fused-ring (bicyclic) bond motifs is 3. The fourth-order valence-corrected chi connectivity index (χ4v) is 3.69. The van der Waals surface area contributed by atoms with Crippen molar-refractivity contribution in [2.45, 2.75) is 13.5 Å². The normalized spacial score (nSPS) is 11.0. The number of primary amides is 1. The predicted octanol–water partition coefficient (Wildman–Crippen LogP) is 3.83. The minimum absolute atomic E-state index is 0.107. The van der Waals surface area contributed by atoms with Crippen LogP contribution in [-0.2, 0) is 6.54 Å². The zero-order chi connectivity index (χ0) is 19.1. The zero-order valence-corrected chi connectivity index (χ0v) is 14.7. The molecule has 4 rings (SSSR count). The van der Waals surface area contributed by atoms with Crippen LogP contribution in [0.1, 0.15) is 27.0 Å². The van der Waals surface area contributed by atoms with Gasteiger partial charge in [-0.3, -0.25) is 4.79 Å². The molecule has 132 valence electrons. The molecule has 0 bridgehead atoms. The van der Waals surface area contributed by atoms with Gasteiger partial charge in [0.25, 0.3) is 0 Å². The number of hydrogen-bond acceptors (Lipinski definition) is 3. The second kappa shape index (κ2) is 6.19. The number of nitrogens with two attached hydrogens (primary N) is 1. The first-order valence-electron chi connectivity index (χ1n) is 8.53. The van der Waals surface area contributed by atoms with Crippen molar-refractivity contribution in [2.75, 3.05) is 0 Å². The highest BCUT2D eigenvalue weighted by Gasteiger charge is 2.19. The van der Waals surface area contributed by atoms with Gasteiger partial charge in [0.1, 0.15) is 5.75 Å². The van der Waals surface area contributed by atoms with Crippen LogP contribution in [-0.4, -0.2) is 15.6 Å². The Morgan fingerprint density at radius 1 is 1.11 bits per heavy atom. The Hall–Kier alpha value is -3.78. The molecule has 0 aliphatic heterocycles. The Labute approximate surface area is 155 Å². The minimum Gasteiger partial charge on any atom is -0.507 e. The summed E-state index contributed by atoms with van der Waals surface area (Å²) in [5.74, 6) is -0.437. The van der Waals surface area contributed by atoms with E-state index in [-0.39, 0.29) is 5.75 Å². The van der Waals surface area contributed by atoms with E-state index in [1.807, 2.05) is 41.8 Å². The molecule has 3 N–H and O–H groups in total. The topological polar surface area (TPSA) is 92.0 Å². The summed E-state index contributed by atoms with van der Waals surface area (Å²) in [7, 11) is 0. The number of phenolic OH excluding ortho intramolecular Hbond substituents is 1. The van der Waals surface area contributed by atoms with Crippen LogP contribution in [0.15, 0.2) is 54.6 Å². The van der Waals surface area contributed by atoms with Crippen LogP contribution in [0.3, 0.4) is 0 Å². The molecule has 27 heavy (non-hydrogen) atoms. The molecule has 0 aliphatic carbocycles. The molecule has 0 fully saturated rings. The number of rotatable bonds is 3. The van der Waals surface area contributed by atoms with Crippen LogP contribution < -0.4 is 5.73 Å². The monoisotopic (exact) mass is 355 g/mol. The Kier molecular flexibility index (Phi) is 3.82. The van der Waals surface area contributed by atoms with E-state index in [9.17, 15) is 15.2 Å². The van der Waals surface area contributed by atoms with E-state index < -0.39 is 5.91 Å². The molecule has 0 unspecified atom stereocenters. The maximum Gasteiger partial charge on any atom is 0.249 e. The number of benzene rings is 3. The molecule has 5 heteroatoms. The van der Waals surface area contributed by atoms with E-state index in [2.05, 4.69) is 6.07 Å². The third-order valence-electron chi connectivity index (χ3n) is 4.85. The summed E-state index contributed by atoms with van der Waals surface area (Å²) in [6.45, 7) is 2.34. The van der Waals surface area contributed by atoms with Crippen molar-refractivity contribution in [2.24, 2.45) is 5.73 Å². The lowest BCUT2D eigenvalue weighted by Gasteiger charge is -2.10. The first-order chi connectivity index (χ1) is 13.0. The molecule has 4 aromatic rings. The molecule has 0 saturated heterocycles. The highest BCUT2D eigenvalue weighted by molar-refractivity contribution is 6.19. The number of phenols is 1. The highest BCUT2D eigenvalue weighted by atomic mass is 16.3. The van der Waals surface area contributed by atoms with Gasteiger partial charge in [0, 0.05) is 17.5 Å². The second-order valence-electron chi connectivity index (χ2n) is 6.60. The number of nitrogens with zero attached hydrogens (tertiary/aromatic N) is 2. The maximum atomic E-state index is 12.0. The van der Waals surface area contributed by atoms with Crippen molar-refractivity contribution in [1.29, 1.82) is 5.26 Å². The first-order valence-corrected chi connectivity index (χ1v) is 8.53. The standard InChI is InChI=1S/C22H17N3O2/c1-13-9-18-21(19(26)10-13)20-16(22(24)27)7-4-8-17(20)25(18)12-15-6-3-2-5-14(15)11-23/h2-10,26H,12H2,1H3,(H2,24,27). The predicted molar refractivity (Wildman–Crippen MR) is 105 cm³/mol. The van der Waals surface area contributed by atoms with Crippen molar-refractivity contribution >= 4 is 27.7 Å². The number of carbonyl (C=O) groups excluding carboxylic acids is 1. The second-order valence-corrected chi connectivity index (χ2v) is 6.60. The lowest BCUT2D eigenvalue weighted by atomic mass is 10.0. The molecule has 0 saturated carbocycles. The Bertz CT molecular complexity index is 1260. The molecule has 0 spiro atoms. The zero-order valence-electron chi connectivity index (χ0n) is 14.7. The lowest BCUT2D eigenvalue weighted by Crippen LogP contribution is -2.11. The molecule has 1 heterocycles. The van der Waals surface area contributed by atoms with Crippen LogP contribution >= 0.6 is 0 Å². The molecule has 0 radical (unpaired) electrons. The Balaban J connectivity index is 2.12. The average molecular weight is 355 g/mol. The van der Waals surface area contributed by atoms with Crippen LogP contribution in [0, 0.1) is 18.3 Å². The quantitative estimate of drug-likeness (QED) is 0.585. The molecular formula is C22H17N3O2. The molecule has 0 atom stereocenters. The highest BCUT2D eigenvalue weighted by Crippen LogP contribution is 2.38. The molecule has 5 nitrogen and oxygen atoms in total. The van der Waals surface area contributed by atoms with Gasteiger partial charge in [0.15, 0.2) is 0 Å². The van der Waals surface area contributed by atoms with Crippen molar-refractivity contribution < 1.29 is 9.90 Å². The van der Waals surface area contributed by atoms with E-state index in [4.69, 9.17) is 5.73 Å². The van der Waals surface area contributed by atoms with Crippen LogP contribution in [0.4, 0.5) is 0 Å². The largest absolute Gasteiger partial charge is 0.507 e. The molecule has 0 aliphatic rings. The van der Waals surface area contributed by atoms with Gasteiger partial charge in [-0.2, -0.15) is 5.26 Å². The van der Waals surface area contributed by atoms with E-state index in [0.29, 0.717) is 28.4 Å². The van der Waals surface area contributed by atoms with Crippen molar-refractivity contribution in [1.82, 2.24) is 4.57 Å². The van der Waals surface area contributed by atoms with Gasteiger partial charge < -0.3 is 15.4 Å². The summed E-state index contributed by atoms with van der Waals surface area (Å²) in [5, 5.41) is 21.3. The van der Waals surface area contributed by atoms with Crippen LogP contribution in [0.25, 0.3) is 21.8 Å². The molecule has 1 aromatic heterocycles. The number of nitriles is 1. The number of carbonyl (C=O) groups is 1. The summed E-state index contributed by atoms with van der Waals surface area (Å²) in [5.41, 5.74) is 9.89. The fraction of sp³-hybridized carbons (Fsp3) is 0.0909. The maximum absolute atomic E-state index is 12.0. The number of aryl methyl sites for hydroxylation is 1. The smallest absolute Gasteiger partial charge is 0.249 e. The summed E-state index contributed by atoms with van der Waals surface area (Å²) in [6, 6.07) is 18.6. The van der Waals surface area contributed by atoms with Gasteiger partial charge >= 0.3 is 0 Å². The van der Waals surface area contributed by atoms with Gasteiger partial charge in [-0.05, 0) is 48.4 Å². The van der Waals surface area contributed by atoms with E-state index in [1.165, 1.54) is 0 Å². The van der Waals surface area contributed by atoms with Gasteiger partial charge in [-0.25, -0.2) is 0 Å². The average Bonchev–Trinajstić information content (AvgIpc) is 2.96. The van der Waals surface area contributed by atoms with Gasteiger partial charge in [0.2, 0.25) is 5.91 Å². The third-order valence-corrected chi connectivity index (χ3v) is 4.85. The fourth-order valence-electron chi connectivity index (χ4n) is 3.69. The van der Waals surface area contributed by atoms with Gasteiger partial charge in [-0.1, -0.05) is 24.3 Å². The minimum atomic E-state index is -0.544. The van der Waals surface area contributed by atoms with E-state index in [1.54, 1.807) is 24.3 Å². The Morgan fingerprint density at radius 3 is 2.63 bits per heavy atom. The van der Waals surface area contributed by atoms with Crippen LogP contribution in [0.2, 0.25) is 0 Å². The number of aromatic nitrogens is 1. The molecular weight excluding hydrogens is 338 g/mol. The number of amides is 1. The SMILES string of the molecule is Cc1cc(O)c2c3c(C(N)=O)cccc3n(Cc3ccccc3C#N)c2c1. The first kappa shape index (κ1) is 16.7. The van der Waals surface area contributed by atoms with Crippen molar-refractivity contribution in [3.63, 3.8) is 0 Å². The Morgan fingerprint density at radius 2 is 1.89 bits per heavy atom. The summed E-state index contributed by atoms with van der Waals surface area (Å²) in [6.07, 6.45) is 0. The summed E-state index contributed by atoms with van der Waals surface area (Å²) in [4.78, 5) is 12.0. The lowest BCUT2D eigenvalue weighted by molar-refractivity contribution is 0.100. The van der Waals surface area contributed by atoms with Crippen LogP contribution in [0.5, 0.6) is 5.75 Å². The molecule has 1 amide bonds. The van der Waals surface area contributed by atoms with Crippen molar-refractivity contribution in [3.05, 3.63) is 76.9 Å². The molecule has 3 aromatic carbocycles. The van der Waals surface area contributed by atoms with E-state index >= 15 is 0 Å². The van der Waals surface area contributed by atoms with E-state index in [0.717, 1.165) is 22.2 Å². The summed E-state index contributed by atoms with van der Waals surface area (Å²) < 4.78 is 2.01. The summed E-state index contributed by atoms with van der Waals surface area (Å²) >= 11 is 0. The van der Waals surface area contributed by atoms with Gasteiger partial charge in [0.05, 0.1) is 28.1 Å². The third kappa shape index (κ3) is 2.59. The van der Waals surface area contributed by atoms with Gasteiger partial charge in [-0.15, -0.1) is 0 Å².